The van der Waals surface area contributed by atoms with Gasteiger partial charge in [-0.1, -0.05) is 13.8 Å². The van der Waals surface area contributed by atoms with Crippen molar-refractivity contribution in [1.29, 1.82) is 0 Å². The minimum absolute atomic E-state index is 0.332. The first kappa shape index (κ1) is 12.6. The zero-order valence-corrected chi connectivity index (χ0v) is 10.7. The Bertz CT molecular complexity index is 281. The van der Waals surface area contributed by atoms with Crippen molar-refractivity contribution in [1.82, 2.24) is 9.78 Å². The normalized spacial score (nSPS) is 13.4. The summed E-state index contributed by atoms with van der Waals surface area (Å²) in [7, 11) is 1.99. The summed E-state index contributed by atoms with van der Waals surface area (Å²) in [5.41, 5.74) is 1.29. The van der Waals surface area contributed by atoms with Crippen LogP contribution in [0.5, 0.6) is 0 Å². The third-order valence-electron chi connectivity index (χ3n) is 2.60. The van der Waals surface area contributed by atoms with Gasteiger partial charge in [-0.3, -0.25) is 4.68 Å². The summed E-state index contributed by atoms with van der Waals surface area (Å²) in [4.78, 5) is 0. The highest BCUT2D eigenvalue weighted by Gasteiger charge is 2.07. The van der Waals surface area contributed by atoms with E-state index < -0.39 is 0 Å². The quantitative estimate of drug-likeness (QED) is 0.683. The molecule has 2 nitrogen and oxygen atoms in total. The summed E-state index contributed by atoms with van der Waals surface area (Å²) in [5.74, 6) is 0.698. The van der Waals surface area contributed by atoms with E-state index >= 15 is 0 Å². The molecule has 0 saturated heterocycles. The molecule has 0 spiro atoms. The molecule has 0 radical (unpaired) electrons. The molecular weight excluding hydrogens is 208 g/mol. The molecule has 0 aliphatic heterocycles. The van der Waals surface area contributed by atoms with Crippen LogP contribution in [0.2, 0.25) is 0 Å². The second-order valence-corrected chi connectivity index (χ2v) is 5.18. The van der Waals surface area contributed by atoms with Crippen LogP contribution in [0, 0.1) is 5.92 Å². The Morgan fingerprint density at radius 3 is 2.73 bits per heavy atom. The topological polar surface area (TPSA) is 17.8 Å². The minimum atomic E-state index is 0.332. The van der Waals surface area contributed by atoms with Gasteiger partial charge in [0, 0.05) is 24.3 Å². The molecule has 0 fully saturated rings. The van der Waals surface area contributed by atoms with Crippen molar-refractivity contribution in [2.45, 2.75) is 44.9 Å². The zero-order valence-electron chi connectivity index (χ0n) is 9.91. The van der Waals surface area contributed by atoms with Crippen molar-refractivity contribution in [3.63, 3.8) is 0 Å². The highest BCUT2D eigenvalue weighted by atomic mass is 35.5. The predicted molar refractivity (Wildman–Crippen MR) is 65.2 cm³/mol. The molecule has 0 saturated carbocycles. The Morgan fingerprint density at radius 2 is 2.20 bits per heavy atom. The van der Waals surface area contributed by atoms with E-state index in [1.165, 1.54) is 5.69 Å². The van der Waals surface area contributed by atoms with Crippen molar-refractivity contribution in [2.24, 2.45) is 13.0 Å². The number of hydrogen-bond donors (Lipinski definition) is 0. The lowest BCUT2D eigenvalue weighted by Crippen LogP contribution is -2.05. The van der Waals surface area contributed by atoms with E-state index in [1.807, 2.05) is 17.9 Å². The first-order chi connectivity index (χ1) is 7.09. The summed E-state index contributed by atoms with van der Waals surface area (Å²) in [6, 6.07) is 2.08. The fourth-order valence-electron chi connectivity index (χ4n) is 1.78. The molecule has 1 aromatic heterocycles. The molecule has 86 valence electrons. The number of aryl methyl sites for hydroxylation is 2. The van der Waals surface area contributed by atoms with Crippen molar-refractivity contribution in [3.05, 3.63) is 18.0 Å². The molecule has 1 atom stereocenters. The first-order valence-electron chi connectivity index (χ1n) is 5.70. The Balaban J connectivity index is 2.19. The molecule has 0 aliphatic rings. The van der Waals surface area contributed by atoms with Gasteiger partial charge < -0.3 is 0 Å². The third kappa shape index (κ3) is 4.70. The van der Waals surface area contributed by atoms with Crippen LogP contribution in [0.25, 0.3) is 0 Å². The summed E-state index contributed by atoms with van der Waals surface area (Å²) >= 11 is 6.23. The summed E-state index contributed by atoms with van der Waals surface area (Å²) in [6.45, 7) is 4.44. The van der Waals surface area contributed by atoms with Gasteiger partial charge in [-0.25, -0.2) is 0 Å². The molecule has 1 heterocycles. The molecule has 0 amide bonds. The Morgan fingerprint density at radius 1 is 1.47 bits per heavy atom. The first-order valence-corrected chi connectivity index (χ1v) is 6.14. The van der Waals surface area contributed by atoms with E-state index in [-0.39, 0.29) is 0 Å². The third-order valence-corrected chi connectivity index (χ3v) is 3.00. The van der Waals surface area contributed by atoms with E-state index in [1.54, 1.807) is 0 Å². The second-order valence-electron chi connectivity index (χ2n) is 4.57. The van der Waals surface area contributed by atoms with Gasteiger partial charge in [0.2, 0.25) is 0 Å². The van der Waals surface area contributed by atoms with Crippen molar-refractivity contribution < 1.29 is 0 Å². The summed E-state index contributed by atoms with van der Waals surface area (Å²) in [5, 5.41) is 4.48. The van der Waals surface area contributed by atoms with E-state index in [9.17, 15) is 0 Å². The zero-order chi connectivity index (χ0) is 11.3. The Hall–Kier alpha value is -0.500. The average Bonchev–Trinajstić information content (AvgIpc) is 2.50. The number of nitrogens with zero attached hydrogens (tertiary/aromatic N) is 2. The molecule has 3 heteroatoms. The van der Waals surface area contributed by atoms with Crippen LogP contribution in [0.1, 0.15) is 38.8 Å². The molecule has 0 aliphatic carbocycles. The van der Waals surface area contributed by atoms with E-state index in [4.69, 9.17) is 11.6 Å². The number of hydrogen-bond acceptors (Lipinski definition) is 1. The van der Waals surface area contributed by atoms with Gasteiger partial charge in [0.1, 0.15) is 0 Å². The van der Waals surface area contributed by atoms with Crippen LogP contribution >= 0.6 is 11.6 Å². The SMILES string of the molecule is CC(C)CC(Cl)CCCc1ccnn1C. The van der Waals surface area contributed by atoms with Crippen LogP contribution in [0.15, 0.2) is 12.3 Å². The smallest absolute Gasteiger partial charge is 0.0492 e. The maximum absolute atomic E-state index is 6.23. The maximum Gasteiger partial charge on any atom is 0.0492 e. The molecule has 15 heavy (non-hydrogen) atoms. The molecule has 0 N–H and O–H groups in total. The monoisotopic (exact) mass is 228 g/mol. The number of rotatable bonds is 6. The van der Waals surface area contributed by atoms with E-state index in [2.05, 4.69) is 25.0 Å². The Labute approximate surface area is 97.6 Å². The van der Waals surface area contributed by atoms with Crippen LogP contribution in [-0.2, 0) is 13.5 Å². The molecule has 1 rings (SSSR count). The van der Waals surface area contributed by atoms with E-state index in [0.717, 1.165) is 25.7 Å². The van der Waals surface area contributed by atoms with Crippen LogP contribution < -0.4 is 0 Å². The molecule has 1 unspecified atom stereocenters. The van der Waals surface area contributed by atoms with Crippen LogP contribution in [-0.4, -0.2) is 15.2 Å². The lowest BCUT2D eigenvalue weighted by molar-refractivity contribution is 0.529. The Kier molecular flexibility index (Phi) is 5.16. The largest absolute Gasteiger partial charge is 0.273 e. The maximum atomic E-state index is 6.23. The lowest BCUT2D eigenvalue weighted by atomic mass is 10.0. The fraction of sp³-hybridized carbons (Fsp3) is 0.750. The number of halogens is 1. The van der Waals surface area contributed by atoms with Crippen molar-refractivity contribution in [3.8, 4) is 0 Å². The van der Waals surface area contributed by atoms with Crippen molar-refractivity contribution in [2.75, 3.05) is 0 Å². The second kappa shape index (κ2) is 6.16. The highest BCUT2D eigenvalue weighted by Crippen LogP contribution is 2.17. The predicted octanol–water partition coefficient (Wildman–Crippen LogP) is 3.40. The number of aromatic nitrogens is 2. The van der Waals surface area contributed by atoms with Crippen LogP contribution in [0.3, 0.4) is 0 Å². The van der Waals surface area contributed by atoms with Gasteiger partial charge >= 0.3 is 0 Å². The molecule has 1 aromatic rings. The van der Waals surface area contributed by atoms with Gasteiger partial charge in [0.05, 0.1) is 0 Å². The molecular formula is C12H21ClN2. The molecule has 0 aromatic carbocycles. The lowest BCUT2D eigenvalue weighted by Gasteiger charge is -2.11. The number of alkyl halides is 1. The standard InChI is InChI=1S/C12H21ClN2/c1-10(2)9-11(13)5-4-6-12-7-8-14-15(12)3/h7-8,10-11H,4-6,9H2,1-3H3. The highest BCUT2D eigenvalue weighted by molar-refractivity contribution is 6.20. The van der Waals surface area contributed by atoms with Gasteiger partial charge in [-0.05, 0) is 37.7 Å². The minimum Gasteiger partial charge on any atom is -0.273 e. The van der Waals surface area contributed by atoms with Gasteiger partial charge in [-0.2, -0.15) is 5.10 Å². The van der Waals surface area contributed by atoms with Crippen molar-refractivity contribution >= 4 is 11.6 Å². The summed E-state index contributed by atoms with van der Waals surface area (Å²) in [6.07, 6.45) is 6.30. The van der Waals surface area contributed by atoms with Gasteiger partial charge in [0.25, 0.3) is 0 Å². The van der Waals surface area contributed by atoms with Gasteiger partial charge in [0.15, 0.2) is 0 Å². The molecule has 0 bridgehead atoms. The van der Waals surface area contributed by atoms with Gasteiger partial charge in [-0.15, -0.1) is 11.6 Å². The average molecular weight is 229 g/mol. The summed E-state index contributed by atoms with van der Waals surface area (Å²) < 4.78 is 1.94. The fourth-order valence-corrected chi connectivity index (χ4v) is 2.29. The van der Waals surface area contributed by atoms with Crippen LogP contribution in [0.4, 0.5) is 0 Å². The van der Waals surface area contributed by atoms with E-state index in [0.29, 0.717) is 11.3 Å².